The lowest BCUT2D eigenvalue weighted by Crippen LogP contribution is -2.27. The molecule has 1 aliphatic heterocycles. The minimum Gasteiger partial charge on any atom is -0.342 e. The quantitative estimate of drug-likeness (QED) is 0.665. The average molecular weight is 187 g/mol. The van der Waals surface area contributed by atoms with Crippen molar-refractivity contribution >= 4 is 18.5 Å². The number of nitrogens with zero attached hydrogens (tertiary/aromatic N) is 1. The van der Waals surface area contributed by atoms with Gasteiger partial charge in [0.05, 0.1) is 0 Å². The number of thiol groups is 1. The zero-order valence-electron chi connectivity index (χ0n) is 7.79. The Labute approximate surface area is 79.7 Å². The zero-order chi connectivity index (χ0) is 9.14. The van der Waals surface area contributed by atoms with Crippen LogP contribution < -0.4 is 0 Å². The molecule has 3 heteroatoms. The van der Waals surface area contributed by atoms with Gasteiger partial charge < -0.3 is 4.90 Å². The molecular weight excluding hydrogens is 170 g/mol. The van der Waals surface area contributed by atoms with Crippen molar-refractivity contribution in [1.82, 2.24) is 4.90 Å². The van der Waals surface area contributed by atoms with Crippen molar-refractivity contribution in [3.8, 4) is 0 Å². The number of likely N-dealkylation sites (tertiary alicyclic amines) is 1. The van der Waals surface area contributed by atoms with E-state index in [0.717, 1.165) is 19.5 Å². The van der Waals surface area contributed by atoms with E-state index in [1.165, 1.54) is 0 Å². The molecule has 0 aliphatic carbocycles. The molecule has 1 unspecified atom stereocenters. The molecule has 1 atom stereocenters. The van der Waals surface area contributed by atoms with Gasteiger partial charge in [-0.15, -0.1) is 0 Å². The monoisotopic (exact) mass is 187 g/mol. The first-order valence-corrected chi connectivity index (χ1v) is 5.07. The molecule has 1 fully saturated rings. The molecule has 12 heavy (non-hydrogen) atoms. The Morgan fingerprint density at radius 2 is 2.33 bits per heavy atom. The average Bonchev–Trinajstić information content (AvgIpc) is 2.26. The minimum absolute atomic E-state index is 0.268. The molecule has 0 N–H and O–H groups in total. The summed E-state index contributed by atoms with van der Waals surface area (Å²) < 4.78 is 0. The van der Waals surface area contributed by atoms with Gasteiger partial charge in [-0.1, -0.05) is 13.8 Å². The van der Waals surface area contributed by atoms with E-state index < -0.39 is 0 Å². The normalized spacial score (nSPS) is 24.2. The van der Waals surface area contributed by atoms with Crippen LogP contribution in [-0.2, 0) is 4.79 Å². The van der Waals surface area contributed by atoms with Gasteiger partial charge in [0.2, 0.25) is 5.91 Å². The maximum absolute atomic E-state index is 11.3. The molecule has 0 bridgehead atoms. The van der Waals surface area contributed by atoms with Gasteiger partial charge in [0.15, 0.2) is 0 Å². The first kappa shape index (κ1) is 9.90. The van der Waals surface area contributed by atoms with Crippen LogP contribution in [-0.4, -0.2) is 29.1 Å². The van der Waals surface area contributed by atoms with Gasteiger partial charge in [-0.05, 0) is 12.3 Å². The number of rotatable bonds is 3. The standard InChI is InChI=1S/C9H17NOS/c1-7(2)3-4-10-6-8(12)5-9(10)11/h7-8,12H,3-6H2,1-2H3. The molecule has 1 heterocycles. The van der Waals surface area contributed by atoms with Crippen LogP contribution >= 0.6 is 12.6 Å². The minimum atomic E-state index is 0.268. The van der Waals surface area contributed by atoms with E-state index in [0.29, 0.717) is 12.3 Å². The first-order valence-electron chi connectivity index (χ1n) is 4.55. The topological polar surface area (TPSA) is 20.3 Å². The van der Waals surface area contributed by atoms with Crippen molar-refractivity contribution in [3.05, 3.63) is 0 Å². The van der Waals surface area contributed by atoms with Crippen LogP contribution in [0.3, 0.4) is 0 Å². The Morgan fingerprint density at radius 3 is 2.75 bits per heavy atom. The van der Waals surface area contributed by atoms with E-state index >= 15 is 0 Å². The summed E-state index contributed by atoms with van der Waals surface area (Å²) in [7, 11) is 0. The van der Waals surface area contributed by atoms with Gasteiger partial charge in [0.1, 0.15) is 0 Å². The van der Waals surface area contributed by atoms with Crippen LogP contribution in [0.5, 0.6) is 0 Å². The van der Waals surface area contributed by atoms with E-state index in [9.17, 15) is 4.79 Å². The molecular formula is C9H17NOS. The van der Waals surface area contributed by atoms with E-state index in [-0.39, 0.29) is 11.2 Å². The number of carbonyl (C=O) groups excluding carboxylic acids is 1. The summed E-state index contributed by atoms with van der Waals surface area (Å²) in [5.41, 5.74) is 0. The van der Waals surface area contributed by atoms with Gasteiger partial charge in [0.25, 0.3) is 0 Å². The number of hydrogen-bond acceptors (Lipinski definition) is 2. The molecule has 1 amide bonds. The van der Waals surface area contributed by atoms with Crippen molar-refractivity contribution in [3.63, 3.8) is 0 Å². The predicted octanol–water partition coefficient (Wildman–Crippen LogP) is 1.56. The molecule has 0 radical (unpaired) electrons. The number of carbonyl (C=O) groups is 1. The Morgan fingerprint density at radius 1 is 1.67 bits per heavy atom. The fraction of sp³-hybridized carbons (Fsp3) is 0.889. The molecule has 0 saturated carbocycles. The lowest BCUT2D eigenvalue weighted by Gasteiger charge is -2.16. The van der Waals surface area contributed by atoms with E-state index in [1.54, 1.807) is 0 Å². The second-order valence-corrected chi connectivity index (χ2v) is 4.61. The third kappa shape index (κ3) is 2.70. The third-order valence-electron chi connectivity index (χ3n) is 2.17. The van der Waals surface area contributed by atoms with Crippen molar-refractivity contribution in [2.24, 2.45) is 5.92 Å². The Bertz CT molecular complexity index is 170. The highest BCUT2D eigenvalue weighted by Gasteiger charge is 2.26. The van der Waals surface area contributed by atoms with Gasteiger partial charge >= 0.3 is 0 Å². The van der Waals surface area contributed by atoms with Crippen molar-refractivity contribution in [2.75, 3.05) is 13.1 Å². The molecule has 1 rings (SSSR count). The molecule has 0 aromatic heterocycles. The Kier molecular flexibility index (Phi) is 3.44. The highest BCUT2D eigenvalue weighted by atomic mass is 32.1. The molecule has 0 aromatic rings. The smallest absolute Gasteiger partial charge is 0.223 e. The van der Waals surface area contributed by atoms with Crippen LogP contribution in [0.2, 0.25) is 0 Å². The van der Waals surface area contributed by atoms with Crippen LogP contribution in [0.25, 0.3) is 0 Å². The highest BCUT2D eigenvalue weighted by Crippen LogP contribution is 2.16. The predicted molar refractivity (Wildman–Crippen MR) is 53.4 cm³/mol. The SMILES string of the molecule is CC(C)CCN1CC(S)CC1=O. The number of amides is 1. The van der Waals surface area contributed by atoms with E-state index in [1.807, 2.05) is 4.90 Å². The first-order chi connectivity index (χ1) is 5.59. The molecule has 0 spiro atoms. The molecule has 1 aliphatic rings. The van der Waals surface area contributed by atoms with Crippen LogP contribution in [0.4, 0.5) is 0 Å². The van der Waals surface area contributed by atoms with Crippen LogP contribution in [0.1, 0.15) is 26.7 Å². The summed E-state index contributed by atoms with van der Waals surface area (Å²) in [6, 6.07) is 0. The Hall–Kier alpha value is -0.180. The van der Waals surface area contributed by atoms with Crippen molar-refractivity contribution in [2.45, 2.75) is 31.9 Å². The fourth-order valence-electron chi connectivity index (χ4n) is 1.38. The lowest BCUT2D eigenvalue weighted by atomic mass is 10.1. The lowest BCUT2D eigenvalue weighted by molar-refractivity contribution is -0.127. The maximum atomic E-state index is 11.3. The van der Waals surface area contributed by atoms with Gasteiger partial charge in [-0.2, -0.15) is 12.6 Å². The van der Waals surface area contributed by atoms with Gasteiger partial charge in [-0.25, -0.2) is 0 Å². The van der Waals surface area contributed by atoms with Gasteiger partial charge in [0, 0.05) is 24.8 Å². The van der Waals surface area contributed by atoms with Crippen LogP contribution in [0, 0.1) is 5.92 Å². The van der Waals surface area contributed by atoms with Crippen molar-refractivity contribution < 1.29 is 4.79 Å². The third-order valence-corrected chi connectivity index (χ3v) is 2.52. The van der Waals surface area contributed by atoms with Crippen molar-refractivity contribution in [1.29, 1.82) is 0 Å². The largest absolute Gasteiger partial charge is 0.342 e. The maximum Gasteiger partial charge on any atom is 0.223 e. The van der Waals surface area contributed by atoms with E-state index in [4.69, 9.17) is 0 Å². The summed E-state index contributed by atoms with van der Waals surface area (Å²) in [4.78, 5) is 13.2. The van der Waals surface area contributed by atoms with Gasteiger partial charge in [-0.3, -0.25) is 4.79 Å². The summed E-state index contributed by atoms with van der Waals surface area (Å²) in [6.07, 6.45) is 1.73. The summed E-state index contributed by atoms with van der Waals surface area (Å²) in [5.74, 6) is 0.951. The Balaban J connectivity index is 2.28. The van der Waals surface area contributed by atoms with Crippen LogP contribution in [0.15, 0.2) is 0 Å². The second-order valence-electron chi connectivity index (χ2n) is 3.88. The summed E-state index contributed by atoms with van der Waals surface area (Å²) in [6.45, 7) is 6.11. The molecule has 2 nitrogen and oxygen atoms in total. The number of hydrogen-bond donors (Lipinski definition) is 1. The van der Waals surface area contributed by atoms with E-state index in [2.05, 4.69) is 26.5 Å². The zero-order valence-corrected chi connectivity index (χ0v) is 8.68. The molecule has 70 valence electrons. The summed E-state index contributed by atoms with van der Waals surface area (Å²) >= 11 is 4.29. The highest BCUT2D eigenvalue weighted by molar-refractivity contribution is 7.81. The molecule has 1 saturated heterocycles. The summed E-state index contributed by atoms with van der Waals surface area (Å²) in [5, 5.41) is 0.268. The molecule has 0 aromatic carbocycles. The fourth-order valence-corrected chi connectivity index (χ4v) is 1.73. The second kappa shape index (κ2) is 4.17.